The number of pyridine rings is 1. The van der Waals surface area contributed by atoms with Crippen LogP contribution in [0, 0.1) is 6.92 Å². The summed E-state index contributed by atoms with van der Waals surface area (Å²) in [4.78, 5) is 21.0. The topological polar surface area (TPSA) is 79.4 Å². The number of nitrogens with one attached hydrogen (secondary N) is 1. The second-order valence-electron chi connectivity index (χ2n) is 8.20. The Balaban J connectivity index is 1.53. The fourth-order valence-electron chi connectivity index (χ4n) is 4.50. The van der Waals surface area contributed by atoms with Crippen LogP contribution in [0.25, 0.3) is 0 Å². The van der Waals surface area contributed by atoms with E-state index in [9.17, 15) is 13.2 Å². The van der Waals surface area contributed by atoms with Crippen LogP contribution in [0.3, 0.4) is 0 Å². The third-order valence-electron chi connectivity index (χ3n) is 6.12. The molecule has 0 saturated heterocycles. The zero-order valence-electron chi connectivity index (χ0n) is 17.7. The average molecular weight is 448 g/mol. The zero-order valence-corrected chi connectivity index (χ0v) is 19.3. The van der Waals surface area contributed by atoms with Crippen LogP contribution in [0.4, 0.5) is 0 Å². The number of sulfonamides is 1. The summed E-state index contributed by atoms with van der Waals surface area (Å²) in [6, 6.07) is 0. The molecule has 1 amide bonds. The van der Waals surface area contributed by atoms with Crippen molar-refractivity contribution in [3.8, 4) is 0 Å². The van der Waals surface area contributed by atoms with E-state index >= 15 is 0 Å². The molecule has 0 unspecified atom stereocenters. The van der Waals surface area contributed by atoms with E-state index in [2.05, 4.69) is 9.71 Å². The zero-order chi connectivity index (χ0) is 21.3. The molecule has 0 atom stereocenters. The van der Waals surface area contributed by atoms with Crippen molar-refractivity contribution in [1.29, 1.82) is 0 Å². The van der Waals surface area contributed by atoms with Crippen molar-refractivity contribution >= 4 is 27.3 Å². The number of carbonyl (C=O) groups is 1. The van der Waals surface area contributed by atoms with Crippen molar-refractivity contribution in [3.05, 3.63) is 50.0 Å². The number of nitrogens with zero attached hydrogens (tertiary/aromatic N) is 2. The number of fused-ring (bicyclic) bond motifs is 2. The molecule has 1 aliphatic carbocycles. The predicted molar refractivity (Wildman–Crippen MR) is 119 cm³/mol. The Kier molecular flexibility index (Phi) is 6.27. The minimum atomic E-state index is -3.28. The van der Waals surface area contributed by atoms with E-state index < -0.39 is 10.0 Å². The fraction of sp³-hybridized carbons (Fsp3) is 0.545. The Hall–Kier alpha value is -1.77. The van der Waals surface area contributed by atoms with Gasteiger partial charge in [-0.2, -0.15) is 0 Å². The monoisotopic (exact) mass is 447 g/mol. The third-order valence-corrected chi connectivity index (χ3v) is 8.73. The summed E-state index contributed by atoms with van der Waals surface area (Å²) in [5.74, 6) is 0.243. The Labute approximate surface area is 182 Å². The lowest BCUT2D eigenvalue weighted by Crippen LogP contribution is -2.37. The molecule has 2 aromatic heterocycles. The summed E-state index contributed by atoms with van der Waals surface area (Å²) < 4.78 is 26.9. The van der Waals surface area contributed by atoms with Gasteiger partial charge in [-0.15, -0.1) is 11.3 Å². The van der Waals surface area contributed by atoms with Gasteiger partial charge in [0.15, 0.2) is 0 Å². The van der Waals surface area contributed by atoms with Gasteiger partial charge < -0.3 is 4.90 Å². The van der Waals surface area contributed by atoms with Crippen LogP contribution in [0.2, 0.25) is 0 Å². The highest BCUT2D eigenvalue weighted by atomic mass is 32.2. The average Bonchev–Trinajstić information content (AvgIpc) is 3.16. The number of amides is 1. The van der Waals surface area contributed by atoms with Gasteiger partial charge in [-0.25, -0.2) is 13.1 Å². The van der Waals surface area contributed by atoms with Crippen LogP contribution in [-0.4, -0.2) is 36.5 Å². The van der Waals surface area contributed by atoms with Crippen molar-refractivity contribution in [2.75, 3.05) is 12.3 Å². The first-order valence-corrected chi connectivity index (χ1v) is 13.2. The standard InChI is InChI=1S/C22H29N3O3S2/c1-3-10-30(27,28)24-12-19-15(2)23-11-16-13-25(9-8-17(16)19)22(26)20-14-29-21-7-5-4-6-18(20)21/h11,14,24H,3-10,12-13H2,1-2H3. The number of rotatable bonds is 6. The Bertz CT molecular complexity index is 1060. The molecule has 2 aromatic rings. The van der Waals surface area contributed by atoms with Gasteiger partial charge in [0.1, 0.15) is 0 Å². The van der Waals surface area contributed by atoms with Crippen molar-refractivity contribution in [3.63, 3.8) is 0 Å². The molecule has 3 heterocycles. The van der Waals surface area contributed by atoms with E-state index in [-0.39, 0.29) is 18.2 Å². The molecule has 0 saturated carbocycles. The molecule has 1 N–H and O–H groups in total. The molecular formula is C22H29N3O3S2. The lowest BCUT2D eigenvalue weighted by atomic mass is 9.93. The van der Waals surface area contributed by atoms with Crippen LogP contribution in [0.1, 0.15) is 69.4 Å². The molecule has 6 nitrogen and oxygen atoms in total. The van der Waals surface area contributed by atoms with Crippen LogP contribution in [0.5, 0.6) is 0 Å². The summed E-state index contributed by atoms with van der Waals surface area (Å²) in [6.45, 7) is 5.21. The highest BCUT2D eigenvalue weighted by Gasteiger charge is 2.28. The van der Waals surface area contributed by atoms with E-state index in [1.807, 2.05) is 30.3 Å². The molecule has 0 aromatic carbocycles. The number of aromatic nitrogens is 1. The predicted octanol–water partition coefficient (Wildman–Crippen LogP) is 3.36. The highest BCUT2D eigenvalue weighted by Crippen LogP contribution is 2.32. The first-order valence-electron chi connectivity index (χ1n) is 10.7. The van der Waals surface area contributed by atoms with Crippen molar-refractivity contribution in [2.24, 2.45) is 0 Å². The number of hydrogen-bond acceptors (Lipinski definition) is 5. The molecule has 30 heavy (non-hydrogen) atoms. The second kappa shape index (κ2) is 8.77. The van der Waals surface area contributed by atoms with Crippen LogP contribution < -0.4 is 4.72 Å². The summed E-state index contributed by atoms with van der Waals surface area (Å²) >= 11 is 1.72. The third kappa shape index (κ3) is 4.31. The fourth-order valence-corrected chi connectivity index (χ4v) is 6.66. The summed E-state index contributed by atoms with van der Waals surface area (Å²) in [5, 5.41) is 2.04. The number of thiophene rings is 1. The van der Waals surface area contributed by atoms with E-state index in [1.54, 1.807) is 11.3 Å². The summed E-state index contributed by atoms with van der Waals surface area (Å²) in [6.07, 6.45) is 7.63. The van der Waals surface area contributed by atoms with Gasteiger partial charge >= 0.3 is 0 Å². The second-order valence-corrected chi connectivity index (χ2v) is 11.1. The quantitative estimate of drug-likeness (QED) is 0.736. The lowest BCUT2D eigenvalue weighted by Gasteiger charge is -2.31. The molecule has 8 heteroatoms. The Morgan fingerprint density at radius 1 is 1.23 bits per heavy atom. The first kappa shape index (κ1) is 21.5. The summed E-state index contributed by atoms with van der Waals surface area (Å²) in [5.41, 5.74) is 6.10. The largest absolute Gasteiger partial charge is 0.334 e. The van der Waals surface area contributed by atoms with Crippen molar-refractivity contribution < 1.29 is 13.2 Å². The van der Waals surface area contributed by atoms with Gasteiger partial charge in [-0.05, 0) is 67.7 Å². The maximum atomic E-state index is 13.2. The maximum absolute atomic E-state index is 13.2. The van der Waals surface area contributed by atoms with E-state index in [1.165, 1.54) is 16.9 Å². The molecule has 0 spiro atoms. The Morgan fingerprint density at radius 2 is 2.03 bits per heavy atom. The van der Waals surface area contributed by atoms with Crippen molar-refractivity contribution in [1.82, 2.24) is 14.6 Å². The molecule has 2 aliphatic rings. The Morgan fingerprint density at radius 3 is 2.83 bits per heavy atom. The van der Waals surface area contributed by atoms with Gasteiger partial charge in [0.25, 0.3) is 5.91 Å². The normalized spacial score (nSPS) is 16.3. The van der Waals surface area contributed by atoms with Gasteiger partial charge in [-0.1, -0.05) is 6.92 Å². The molecule has 162 valence electrons. The molecule has 0 fully saturated rings. The minimum Gasteiger partial charge on any atom is -0.334 e. The number of hydrogen-bond donors (Lipinski definition) is 1. The van der Waals surface area contributed by atoms with Crippen molar-refractivity contribution in [2.45, 2.75) is 65.5 Å². The molecule has 4 rings (SSSR count). The number of aryl methyl sites for hydroxylation is 2. The minimum absolute atomic E-state index is 0.117. The maximum Gasteiger partial charge on any atom is 0.255 e. The van der Waals surface area contributed by atoms with Crippen LogP contribution in [-0.2, 0) is 42.4 Å². The van der Waals surface area contributed by atoms with E-state index in [0.717, 1.165) is 53.6 Å². The van der Waals surface area contributed by atoms with Crippen LogP contribution in [0.15, 0.2) is 11.6 Å². The van der Waals surface area contributed by atoms with E-state index in [0.29, 0.717) is 19.5 Å². The first-order chi connectivity index (χ1) is 14.4. The van der Waals surface area contributed by atoms with Gasteiger partial charge in [0, 0.05) is 41.8 Å². The number of carbonyl (C=O) groups excluding carboxylic acids is 1. The van der Waals surface area contributed by atoms with E-state index in [4.69, 9.17) is 0 Å². The molecule has 1 aliphatic heterocycles. The van der Waals surface area contributed by atoms with Crippen LogP contribution >= 0.6 is 11.3 Å². The molecular weight excluding hydrogens is 418 g/mol. The SMILES string of the molecule is CCCS(=O)(=O)NCc1c(C)ncc2c1CCN(C(=O)c1csc3c1CCCC3)C2. The molecule has 0 radical (unpaired) electrons. The van der Waals surface area contributed by atoms with Gasteiger partial charge in [-0.3, -0.25) is 9.78 Å². The summed E-state index contributed by atoms with van der Waals surface area (Å²) in [7, 11) is -3.28. The lowest BCUT2D eigenvalue weighted by molar-refractivity contribution is 0.0733. The smallest absolute Gasteiger partial charge is 0.255 e. The molecule has 0 bridgehead atoms. The van der Waals surface area contributed by atoms with Gasteiger partial charge in [0.2, 0.25) is 10.0 Å². The highest BCUT2D eigenvalue weighted by molar-refractivity contribution is 7.89. The van der Waals surface area contributed by atoms with Gasteiger partial charge in [0.05, 0.1) is 11.3 Å².